The first kappa shape index (κ1) is 29.5. The Labute approximate surface area is 226 Å². The summed E-state index contributed by atoms with van der Waals surface area (Å²) in [4.78, 5) is 23.2. The molecule has 0 aliphatic rings. The first-order valence-corrected chi connectivity index (χ1v) is 13.4. The van der Waals surface area contributed by atoms with Gasteiger partial charge in [0.25, 0.3) is 11.6 Å². The summed E-state index contributed by atoms with van der Waals surface area (Å²) in [6, 6.07) is 10.0. The number of nitro benzene ring substituents is 1. The predicted octanol–water partition coefficient (Wildman–Crippen LogP) is 3.20. The van der Waals surface area contributed by atoms with Gasteiger partial charge in [-0.1, -0.05) is 13.8 Å². The second-order valence-corrected chi connectivity index (χ2v) is 10.6. The summed E-state index contributed by atoms with van der Waals surface area (Å²) in [5, 5.41) is 18.6. The summed E-state index contributed by atoms with van der Waals surface area (Å²) in [7, 11) is -1.18. The average molecular weight is 562 g/mol. The van der Waals surface area contributed by atoms with Crippen LogP contribution in [0.1, 0.15) is 29.9 Å². The fourth-order valence-corrected chi connectivity index (χ4v) is 4.79. The number of hydrogen-bond donors (Lipinski definition) is 2. The van der Waals surface area contributed by atoms with Gasteiger partial charge < -0.3 is 19.5 Å². The molecule has 0 saturated carbocycles. The number of benzene rings is 2. The molecule has 1 aromatic heterocycles. The van der Waals surface area contributed by atoms with E-state index >= 15 is 0 Å². The zero-order valence-corrected chi connectivity index (χ0v) is 23.1. The van der Waals surface area contributed by atoms with E-state index in [4.69, 9.17) is 14.2 Å². The Kier molecular flexibility index (Phi) is 9.61. The molecule has 0 atom stereocenters. The van der Waals surface area contributed by atoms with E-state index in [1.807, 2.05) is 13.8 Å². The maximum absolute atomic E-state index is 13.2. The van der Waals surface area contributed by atoms with Crippen LogP contribution in [0, 0.1) is 23.0 Å². The van der Waals surface area contributed by atoms with Gasteiger partial charge in [0, 0.05) is 37.9 Å². The van der Waals surface area contributed by atoms with Crippen molar-refractivity contribution in [1.82, 2.24) is 19.8 Å². The molecule has 210 valence electrons. The predicted molar refractivity (Wildman–Crippen MR) is 142 cm³/mol. The van der Waals surface area contributed by atoms with Crippen molar-refractivity contribution in [2.75, 3.05) is 33.9 Å². The van der Waals surface area contributed by atoms with Crippen LogP contribution in [0.25, 0.3) is 5.69 Å². The van der Waals surface area contributed by atoms with E-state index in [1.54, 1.807) is 31.2 Å². The minimum atomic E-state index is -4.20. The largest absolute Gasteiger partial charge is 0.497 e. The fraction of sp³-hybridized carbons (Fsp3) is 0.360. The van der Waals surface area contributed by atoms with Crippen molar-refractivity contribution < 1.29 is 32.3 Å². The third-order valence-electron chi connectivity index (χ3n) is 5.51. The summed E-state index contributed by atoms with van der Waals surface area (Å²) < 4.78 is 46.4. The molecule has 1 heterocycles. The number of nitrogens with zero attached hydrogens (tertiary/aromatic N) is 3. The Morgan fingerprint density at radius 2 is 1.85 bits per heavy atom. The first-order chi connectivity index (χ1) is 18.5. The minimum Gasteiger partial charge on any atom is -0.497 e. The summed E-state index contributed by atoms with van der Waals surface area (Å²) >= 11 is 0. The maximum atomic E-state index is 13.2. The molecule has 39 heavy (non-hydrogen) atoms. The molecule has 13 nitrogen and oxygen atoms in total. The van der Waals surface area contributed by atoms with Gasteiger partial charge in [0.05, 0.1) is 24.3 Å². The number of non-ortho nitro benzene ring substituents is 1. The van der Waals surface area contributed by atoms with E-state index in [9.17, 15) is 23.3 Å². The van der Waals surface area contributed by atoms with Gasteiger partial charge in [-0.25, -0.2) is 13.1 Å². The lowest BCUT2D eigenvalue weighted by molar-refractivity contribution is -0.385. The molecule has 0 fully saturated rings. The number of rotatable bonds is 13. The van der Waals surface area contributed by atoms with Crippen LogP contribution in [-0.2, 0) is 14.8 Å². The highest BCUT2D eigenvalue weighted by Gasteiger charge is 2.28. The van der Waals surface area contributed by atoms with Crippen LogP contribution < -0.4 is 19.5 Å². The Bertz CT molecular complexity index is 1440. The van der Waals surface area contributed by atoms with E-state index in [1.165, 1.54) is 25.0 Å². The number of carbonyl (C=O) groups excluding carboxylic acids is 1. The highest BCUT2D eigenvalue weighted by molar-refractivity contribution is 7.89. The molecular formula is C25H31N5O8S. The summed E-state index contributed by atoms with van der Waals surface area (Å²) in [5.41, 5.74) is 0.429. The topological polar surface area (TPSA) is 164 Å². The lowest BCUT2D eigenvalue weighted by atomic mass is 10.2. The van der Waals surface area contributed by atoms with E-state index in [-0.39, 0.29) is 36.3 Å². The molecule has 2 aromatic carbocycles. The number of amides is 1. The molecule has 0 bridgehead atoms. The molecule has 0 saturated heterocycles. The number of sulfonamides is 1. The highest BCUT2D eigenvalue weighted by Crippen LogP contribution is 2.36. The van der Waals surface area contributed by atoms with Crippen molar-refractivity contribution in [3.05, 3.63) is 63.8 Å². The number of carbonyl (C=O) groups is 1. The minimum absolute atomic E-state index is 0.0132. The van der Waals surface area contributed by atoms with Crippen molar-refractivity contribution in [2.24, 2.45) is 5.92 Å². The van der Waals surface area contributed by atoms with Crippen molar-refractivity contribution >= 4 is 21.6 Å². The second kappa shape index (κ2) is 12.7. The number of hydrogen-bond acceptors (Lipinski definition) is 9. The molecule has 0 aliphatic carbocycles. The van der Waals surface area contributed by atoms with E-state index in [2.05, 4.69) is 15.1 Å². The van der Waals surface area contributed by atoms with Crippen molar-refractivity contribution in [1.29, 1.82) is 0 Å². The van der Waals surface area contributed by atoms with Gasteiger partial charge in [0.15, 0.2) is 5.69 Å². The van der Waals surface area contributed by atoms with Gasteiger partial charge in [-0.15, -0.1) is 0 Å². The maximum Gasteiger partial charge on any atom is 0.272 e. The lowest BCUT2D eigenvalue weighted by Gasteiger charge is -2.15. The molecule has 1 amide bonds. The number of aromatic nitrogens is 2. The van der Waals surface area contributed by atoms with Crippen LogP contribution >= 0.6 is 0 Å². The Balaban J connectivity index is 2.15. The molecular weight excluding hydrogens is 530 g/mol. The van der Waals surface area contributed by atoms with Crippen LogP contribution in [0.5, 0.6) is 17.4 Å². The molecule has 14 heteroatoms. The third-order valence-corrected chi connectivity index (χ3v) is 6.95. The molecule has 0 unspecified atom stereocenters. The Morgan fingerprint density at radius 1 is 1.15 bits per heavy atom. The fourth-order valence-electron chi connectivity index (χ4n) is 3.43. The monoisotopic (exact) mass is 561 g/mol. The third kappa shape index (κ3) is 7.10. The number of ether oxygens (including phenoxy) is 3. The summed E-state index contributed by atoms with van der Waals surface area (Å²) in [5.74, 6) is -0.0487. The molecule has 3 rings (SSSR count). The average Bonchev–Trinajstić information content (AvgIpc) is 3.23. The van der Waals surface area contributed by atoms with Gasteiger partial charge in [-0.05, 0) is 43.2 Å². The highest BCUT2D eigenvalue weighted by atomic mass is 32.2. The zero-order chi connectivity index (χ0) is 28.7. The van der Waals surface area contributed by atoms with Gasteiger partial charge in [-0.2, -0.15) is 9.78 Å². The van der Waals surface area contributed by atoms with E-state index in [0.29, 0.717) is 23.6 Å². The van der Waals surface area contributed by atoms with Crippen LogP contribution in [-0.4, -0.2) is 62.9 Å². The second-order valence-electron chi connectivity index (χ2n) is 8.87. The lowest BCUT2D eigenvalue weighted by Crippen LogP contribution is -2.28. The summed E-state index contributed by atoms with van der Waals surface area (Å²) in [6.45, 7) is 5.89. The Hall–Kier alpha value is -4.01. The van der Waals surface area contributed by atoms with Gasteiger partial charge in [0.2, 0.25) is 15.9 Å². The molecule has 3 aromatic rings. The number of methoxy groups -OCH3 is 2. The molecule has 2 N–H and O–H groups in total. The number of nitro groups is 1. The SMILES string of the molecule is COCCNC(=O)c1nn(-c2ccc(OC)cc2)c(Oc2ccc([N+](=O)[O-])cc2S(=O)(=O)NCC(C)C)c1C. The molecule has 0 aliphatic heterocycles. The normalized spacial score (nSPS) is 11.4. The standard InChI is InChI=1S/C25H31N5O8S/c1-16(2)15-27-39(34,35)22-14-19(30(32)33)8-11-21(22)38-25-17(3)23(24(31)26-12-13-36-4)28-29(25)18-6-9-20(37-5)10-7-18/h6-11,14,16,27H,12-13,15H2,1-5H3,(H,26,31). The smallest absolute Gasteiger partial charge is 0.272 e. The number of nitrogens with one attached hydrogen (secondary N) is 2. The zero-order valence-electron chi connectivity index (χ0n) is 22.3. The van der Waals surface area contributed by atoms with Gasteiger partial charge in [-0.3, -0.25) is 14.9 Å². The van der Waals surface area contributed by atoms with Crippen LogP contribution in [0.15, 0.2) is 47.4 Å². The van der Waals surface area contributed by atoms with Crippen molar-refractivity contribution in [2.45, 2.75) is 25.7 Å². The molecule has 0 spiro atoms. The van der Waals surface area contributed by atoms with Crippen LogP contribution in [0.3, 0.4) is 0 Å². The van der Waals surface area contributed by atoms with E-state index in [0.717, 1.165) is 12.1 Å². The van der Waals surface area contributed by atoms with E-state index < -0.39 is 31.4 Å². The summed E-state index contributed by atoms with van der Waals surface area (Å²) in [6.07, 6.45) is 0. The van der Waals surface area contributed by atoms with Gasteiger partial charge >= 0.3 is 0 Å². The van der Waals surface area contributed by atoms with Crippen molar-refractivity contribution in [3.63, 3.8) is 0 Å². The van der Waals surface area contributed by atoms with Crippen molar-refractivity contribution in [3.8, 4) is 23.1 Å². The molecule has 0 radical (unpaired) electrons. The first-order valence-electron chi connectivity index (χ1n) is 12.0. The van der Waals surface area contributed by atoms with Gasteiger partial charge in [0.1, 0.15) is 16.4 Å². The van der Waals surface area contributed by atoms with Crippen LogP contribution in [0.4, 0.5) is 5.69 Å². The van der Waals surface area contributed by atoms with Crippen LogP contribution in [0.2, 0.25) is 0 Å². The quantitative estimate of drug-likeness (QED) is 0.181. The Morgan fingerprint density at radius 3 is 2.44 bits per heavy atom.